The van der Waals surface area contributed by atoms with Gasteiger partial charge in [-0.2, -0.15) is 11.8 Å². The van der Waals surface area contributed by atoms with Crippen molar-refractivity contribution in [3.8, 4) is 0 Å². The molecule has 0 spiro atoms. The molecule has 0 radical (unpaired) electrons. The van der Waals surface area contributed by atoms with Crippen LogP contribution in [0.3, 0.4) is 0 Å². The van der Waals surface area contributed by atoms with Gasteiger partial charge in [-0.1, -0.05) is 0 Å². The Kier molecular flexibility index (Phi) is 6.60. The van der Waals surface area contributed by atoms with Crippen LogP contribution in [0.15, 0.2) is 18.2 Å². The molecule has 1 rings (SSSR count). The number of amides is 1. The third kappa shape index (κ3) is 4.58. The van der Waals surface area contributed by atoms with E-state index in [4.69, 9.17) is 5.84 Å². The summed E-state index contributed by atoms with van der Waals surface area (Å²) in [4.78, 5) is 11.9. The number of nitrogen functional groups attached to an aromatic ring is 1. The van der Waals surface area contributed by atoms with Crippen molar-refractivity contribution >= 4 is 23.4 Å². The number of carbonyl (C=O) groups excluding carboxylic acids is 1. The Bertz CT molecular complexity index is 396. The summed E-state index contributed by atoms with van der Waals surface area (Å²) in [6, 6.07) is 5.43. The number of hydrogen-bond donors (Lipinski definition) is 3. The quantitative estimate of drug-likeness (QED) is 0.402. The Morgan fingerprint density at radius 2 is 2.17 bits per heavy atom. The van der Waals surface area contributed by atoms with Crippen molar-refractivity contribution in [3.63, 3.8) is 0 Å². The smallest absolute Gasteiger partial charge is 0.251 e. The van der Waals surface area contributed by atoms with Gasteiger partial charge in [0, 0.05) is 12.1 Å². The summed E-state index contributed by atoms with van der Waals surface area (Å²) in [5.74, 6) is 6.47. The Hall–Kier alpha value is -1.20. The second kappa shape index (κ2) is 8.00. The monoisotopic (exact) mass is 267 g/mol. The lowest BCUT2D eigenvalue weighted by Crippen LogP contribution is -2.24. The van der Waals surface area contributed by atoms with Crippen LogP contribution < -0.4 is 16.6 Å². The summed E-state index contributed by atoms with van der Waals surface area (Å²) in [7, 11) is 0. The molecule has 0 aliphatic carbocycles. The molecular weight excluding hydrogens is 246 g/mol. The summed E-state index contributed by atoms with van der Waals surface area (Å²) in [5, 5.41) is 2.92. The average molecular weight is 267 g/mol. The summed E-state index contributed by atoms with van der Waals surface area (Å²) in [6.07, 6.45) is 4.25. The molecule has 1 aromatic carbocycles. The molecule has 4 nitrogen and oxygen atoms in total. The Morgan fingerprint density at radius 1 is 1.39 bits per heavy atom. The topological polar surface area (TPSA) is 67.2 Å². The van der Waals surface area contributed by atoms with Crippen molar-refractivity contribution in [3.05, 3.63) is 29.3 Å². The van der Waals surface area contributed by atoms with Crippen LogP contribution in [0, 0.1) is 6.92 Å². The Labute approximate surface area is 113 Å². The van der Waals surface area contributed by atoms with Gasteiger partial charge in [0.2, 0.25) is 0 Å². The number of unbranched alkanes of at least 4 members (excludes halogenated alkanes) is 1. The van der Waals surface area contributed by atoms with Gasteiger partial charge in [0.05, 0.1) is 5.69 Å². The van der Waals surface area contributed by atoms with Crippen LogP contribution >= 0.6 is 11.8 Å². The molecule has 0 aromatic heterocycles. The van der Waals surface area contributed by atoms with E-state index in [2.05, 4.69) is 17.0 Å². The number of anilines is 1. The molecule has 0 aliphatic rings. The van der Waals surface area contributed by atoms with Gasteiger partial charge in [-0.25, -0.2) is 0 Å². The molecule has 1 aromatic rings. The van der Waals surface area contributed by atoms with Gasteiger partial charge in [-0.05, 0) is 55.5 Å². The number of thioether (sulfide) groups is 1. The Balaban J connectivity index is 2.44. The van der Waals surface area contributed by atoms with Crippen molar-refractivity contribution in [1.29, 1.82) is 0 Å². The van der Waals surface area contributed by atoms with Gasteiger partial charge < -0.3 is 10.7 Å². The third-order valence-corrected chi connectivity index (χ3v) is 3.40. The summed E-state index contributed by atoms with van der Waals surface area (Å²) < 4.78 is 0. The maximum atomic E-state index is 11.9. The zero-order valence-corrected chi connectivity index (χ0v) is 11.8. The zero-order chi connectivity index (χ0) is 13.4. The molecule has 5 heteroatoms. The lowest BCUT2D eigenvalue weighted by atomic mass is 10.1. The predicted molar refractivity (Wildman–Crippen MR) is 78.9 cm³/mol. The standard InChI is InChI=1S/C13H21N3OS/c1-10-9-11(5-6-12(10)16-14)13(17)15-7-3-4-8-18-2/h5-6,9,16H,3-4,7-8,14H2,1-2H3,(H,15,17). The lowest BCUT2D eigenvalue weighted by molar-refractivity contribution is 0.0953. The molecule has 0 saturated heterocycles. The Morgan fingerprint density at radius 3 is 2.78 bits per heavy atom. The number of aryl methyl sites for hydroxylation is 1. The van der Waals surface area contributed by atoms with E-state index in [1.165, 1.54) is 0 Å². The number of hydrogen-bond acceptors (Lipinski definition) is 4. The molecule has 0 aliphatic heterocycles. The molecule has 0 heterocycles. The normalized spacial score (nSPS) is 10.2. The lowest BCUT2D eigenvalue weighted by Gasteiger charge is -2.08. The SMILES string of the molecule is CSCCCCNC(=O)c1ccc(NN)c(C)c1. The van der Waals surface area contributed by atoms with Crippen LogP contribution in [0.2, 0.25) is 0 Å². The largest absolute Gasteiger partial charge is 0.352 e. The van der Waals surface area contributed by atoms with Gasteiger partial charge in [0.25, 0.3) is 5.91 Å². The minimum absolute atomic E-state index is 0.0224. The van der Waals surface area contributed by atoms with Crippen LogP contribution in [0.5, 0.6) is 0 Å². The van der Waals surface area contributed by atoms with Gasteiger partial charge in [0.15, 0.2) is 0 Å². The molecule has 0 unspecified atom stereocenters. The van der Waals surface area contributed by atoms with Crippen molar-refractivity contribution in [2.24, 2.45) is 5.84 Å². The summed E-state index contributed by atoms with van der Waals surface area (Å²) in [6.45, 7) is 2.65. The van der Waals surface area contributed by atoms with Gasteiger partial charge in [-0.15, -0.1) is 0 Å². The van der Waals surface area contributed by atoms with Crippen molar-refractivity contribution in [1.82, 2.24) is 5.32 Å². The van der Waals surface area contributed by atoms with Gasteiger partial charge >= 0.3 is 0 Å². The summed E-state index contributed by atoms with van der Waals surface area (Å²) in [5.41, 5.74) is 5.08. The predicted octanol–water partition coefficient (Wildman–Crippen LogP) is 2.15. The van der Waals surface area contributed by atoms with E-state index in [0.29, 0.717) is 5.56 Å². The van der Waals surface area contributed by atoms with E-state index >= 15 is 0 Å². The fourth-order valence-corrected chi connectivity index (χ4v) is 2.14. The molecule has 18 heavy (non-hydrogen) atoms. The molecule has 0 bridgehead atoms. The van der Waals surface area contributed by atoms with Gasteiger partial charge in [-0.3, -0.25) is 10.6 Å². The maximum absolute atomic E-state index is 11.9. The number of benzene rings is 1. The van der Waals surface area contributed by atoms with Crippen LogP contribution in [-0.2, 0) is 0 Å². The van der Waals surface area contributed by atoms with Crippen LogP contribution in [-0.4, -0.2) is 24.5 Å². The fourth-order valence-electron chi connectivity index (χ4n) is 1.64. The highest BCUT2D eigenvalue weighted by Gasteiger charge is 2.06. The van der Waals surface area contributed by atoms with E-state index in [-0.39, 0.29) is 5.91 Å². The van der Waals surface area contributed by atoms with E-state index in [1.807, 2.05) is 30.8 Å². The highest BCUT2D eigenvalue weighted by molar-refractivity contribution is 7.98. The molecule has 0 fully saturated rings. The molecule has 0 atom stereocenters. The van der Waals surface area contributed by atoms with E-state index in [1.54, 1.807) is 6.07 Å². The second-order valence-corrected chi connectivity index (χ2v) is 5.12. The van der Waals surface area contributed by atoms with Crippen molar-refractivity contribution in [2.75, 3.05) is 24.0 Å². The fraction of sp³-hybridized carbons (Fsp3) is 0.462. The number of nitrogens with one attached hydrogen (secondary N) is 2. The highest BCUT2D eigenvalue weighted by Crippen LogP contribution is 2.15. The number of rotatable bonds is 7. The molecule has 4 N–H and O–H groups in total. The molecular formula is C13H21N3OS. The first-order chi connectivity index (χ1) is 8.69. The van der Waals surface area contributed by atoms with E-state index < -0.39 is 0 Å². The number of nitrogens with two attached hydrogens (primary N) is 1. The summed E-state index contributed by atoms with van der Waals surface area (Å²) >= 11 is 1.83. The van der Waals surface area contributed by atoms with Crippen LogP contribution in [0.4, 0.5) is 5.69 Å². The van der Waals surface area contributed by atoms with Crippen LogP contribution in [0.25, 0.3) is 0 Å². The first-order valence-electron chi connectivity index (χ1n) is 6.03. The second-order valence-electron chi connectivity index (χ2n) is 4.13. The van der Waals surface area contributed by atoms with Crippen molar-refractivity contribution in [2.45, 2.75) is 19.8 Å². The third-order valence-electron chi connectivity index (χ3n) is 2.70. The minimum atomic E-state index is -0.0224. The number of carbonyl (C=O) groups is 1. The molecule has 0 saturated carbocycles. The molecule has 100 valence electrons. The van der Waals surface area contributed by atoms with Gasteiger partial charge in [0.1, 0.15) is 0 Å². The van der Waals surface area contributed by atoms with Crippen LogP contribution in [0.1, 0.15) is 28.8 Å². The first kappa shape index (κ1) is 14.9. The highest BCUT2D eigenvalue weighted by atomic mass is 32.2. The zero-order valence-electron chi connectivity index (χ0n) is 11.0. The van der Waals surface area contributed by atoms with Crippen molar-refractivity contribution < 1.29 is 4.79 Å². The number of hydrazine groups is 1. The van der Waals surface area contributed by atoms with E-state index in [0.717, 1.165) is 36.4 Å². The van der Waals surface area contributed by atoms with E-state index in [9.17, 15) is 4.79 Å². The minimum Gasteiger partial charge on any atom is -0.352 e. The first-order valence-corrected chi connectivity index (χ1v) is 7.43. The average Bonchev–Trinajstić information content (AvgIpc) is 2.38. The maximum Gasteiger partial charge on any atom is 0.251 e. The molecule has 1 amide bonds.